The van der Waals surface area contributed by atoms with Crippen LogP contribution in [0.15, 0.2) is 65.7 Å². The van der Waals surface area contributed by atoms with Crippen LogP contribution in [0.1, 0.15) is 100 Å². The zero-order valence-corrected chi connectivity index (χ0v) is 37.4. The number of carbonyl (C=O) groups excluding carboxylic acids is 5. The molecule has 4 aliphatic heterocycles. The van der Waals surface area contributed by atoms with Crippen molar-refractivity contribution in [3.8, 4) is 11.1 Å². The molecule has 0 bridgehead atoms. The minimum Gasteiger partial charge on any atom is -0.371 e. The van der Waals surface area contributed by atoms with Crippen LogP contribution in [0.2, 0.25) is 0 Å². The lowest BCUT2D eigenvalue weighted by atomic mass is 9.94. The third kappa shape index (κ3) is 8.47. The maximum atomic E-state index is 13.9. The third-order valence-corrected chi connectivity index (χ3v) is 13.2. The molecule has 17 nitrogen and oxygen atoms in total. The quantitative estimate of drug-likeness (QED) is 0.142. The summed E-state index contributed by atoms with van der Waals surface area (Å²) >= 11 is 0. The van der Waals surface area contributed by atoms with Crippen LogP contribution in [-0.2, 0) is 17.8 Å². The van der Waals surface area contributed by atoms with Gasteiger partial charge in [0.25, 0.3) is 23.3 Å². The zero-order valence-electron chi connectivity index (χ0n) is 37.4. The highest BCUT2D eigenvalue weighted by molar-refractivity contribution is 6.24. The second-order valence-corrected chi connectivity index (χ2v) is 17.8. The summed E-state index contributed by atoms with van der Waals surface area (Å²) in [6, 6.07) is 14.6. The third-order valence-electron chi connectivity index (χ3n) is 13.2. The van der Waals surface area contributed by atoms with Crippen molar-refractivity contribution in [1.82, 2.24) is 45.3 Å². The van der Waals surface area contributed by atoms with Crippen LogP contribution in [-0.4, -0.2) is 117 Å². The molecule has 0 saturated carbocycles. The Balaban J connectivity index is 0.815. The maximum Gasteiger partial charge on any atom is 0.343 e. The van der Waals surface area contributed by atoms with E-state index in [9.17, 15) is 28.8 Å². The predicted molar refractivity (Wildman–Crippen MR) is 246 cm³/mol. The summed E-state index contributed by atoms with van der Waals surface area (Å²) in [5.74, 6) is -0.436. The molecule has 5 aromatic rings. The van der Waals surface area contributed by atoms with Crippen molar-refractivity contribution in [2.45, 2.75) is 72.4 Å². The van der Waals surface area contributed by atoms with E-state index in [0.717, 1.165) is 121 Å². The van der Waals surface area contributed by atoms with Gasteiger partial charge in [-0.05, 0) is 99.5 Å². The number of fused-ring (bicyclic) bond motifs is 2. The number of imide groups is 2. The molecule has 3 saturated heterocycles. The van der Waals surface area contributed by atoms with E-state index in [4.69, 9.17) is 4.98 Å². The fraction of sp³-hybridized carbons (Fsp3) is 0.417. The number of pyridine rings is 2. The second kappa shape index (κ2) is 17.9. The number of piperidine rings is 1. The summed E-state index contributed by atoms with van der Waals surface area (Å²) in [6.07, 6.45) is 7.14. The van der Waals surface area contributed by atoms with Gasteiger partial charge in [0.2, 0.25) is 5.91 Å². The van der Waals surface area contributed by atoms with Crippen LogP contribution in [0.5, 0.6) is 0 Å². The lowest BCUT2D eigenvalue weighted by Crippen LogP contribution is -2.58. The van der Waals surface area contributed by atoms with Gasteiger partial charge in [0, 0.05) is 93.2 Å². The first kappa shape index (κ1) is 43.4. The number of nitrogens with one attached hydrogen (secondary N) is 3. The molecule has 0 unspecified atom stereocenters. The average Bonchev–Trinajstić information content (AvgIpc) is 3.84. The number of H-pyrrole nitrogens is 1. The number of piperazine rings is 1. The topological polar surface area (TPSA) is 189 Å². The number of anilines is 2. The first-order chi connectivity index (χ1) is 31.4. The molecule has 0 aliphatic carbocycles. The summed E-state index contributed by atoms with van der Waals surface area (Å²) in [5.41, 5.74) is 6.48. The van der Waals surface area contributed by atoms with E-state index in [0.29, 0.717) is 28.3 Å². The summed E-state index contributed by atoms with van der Waals surface area (Å²) < 4.78 is 1.92. The molecule has 3 aromatic heterocycles. The first-order valence-corrected chi connectivity index (χ1v) is 22.7. The lowest BCUT2D eigenvalue weighted by molar-refractivity contribution is -0.122. The van der Waals surface area contributed by atoms with Gasteiger partial charge >= 0.3 is 6.03 Å². The van der Waals surface area contributed by atoms with E-state index in [1.165, 1.54) is 0 Å². The van der Waals surface area contributed by atoms with Crippen molar-refractivity contribution in [3.63, 3.8) is 0 Å². The van der Waals surface area contributed by atoms with Crippen molar-refractivity contribution in [3.05, 3.63) is 105 Å². The van der Waals surface area contributed by atoms with Crippen LogP contribution >= 0.6 is 0 Å². The summed E-state index contributed by atoms with van der Waals surface area (Å²) in [6.45, 7) is 14.1. The molecule has 9 rings (SSSR count). The van der Waals surface area contributed by atoms with Gasteiger partial charge in [0.15, 0.2) is 0 Å². The van der Waals surface area contributed by atoms with Crippen LogP contribution in [0.3, 0.4) is 0 Å². The molecule has 6 amide bonds. The molecule has 0 radical (unpaired) electrons. The van der Waals surface area contributed by atoms with Crippen molar-refractivity contribution < 1.29 is 24.0 Å². The van der Waals surface area contributed by atoms with Gasteiger partial charge in [0.1, 0.15) is 5.82 Å². The number of aromatic amines is 1. The first-order valence-electron chi connectivity index (χ1n) is 22.7. The molecule has 3 fully saturated rings. The second-order valence-electron chi connectivity index (χ2n) is 17.8. The Bertz CT molecular complexity index is 2750. The van der Waals surface area contributed by atoms with Crippen LogP contribution in [0, 0.1) is 12.8 Å². The number of urea groups is 1. The molecule has 0 atom stereocenters. The van der Waals surface area contributed by atoms with Crippen LogP contribution in [0.4, 0.5) is 16.3 Å². The number of benzene rings is 2. The van der Waals surface area contributed by atoms with Gasteiger partial charge in [-0.3, -0.25) is 38.9 Å². The largest absolute Gasteiger partial charge is 0.371 e. The smallest absolute Gasteiger partial charge is 0.343 e. The number of rotatable bonds is 12. The van der Waals surface area contributed by atoms with E-state index in [-0.39, 0.29) is 42.6 Å². The highest BCUT2D eigenvalue weighted by atomic mass is 16.2. The van der Waals surface area contributed by atoms with Crippen LogP contribution < -0.4 is 26.0 Å². The van der Waals surface area contributed by atoms with Gasteiger partial charge in [0.05, 0.1) is 40.6 Å². The summed E-state index contributed by atoms with van der Waals surface area (Å²) in [4.78, 5) is 92.9. The molecule has 4 aliphatic rings. The average molecular weight is 882 g/mol. The number of nitrogens with zero attached hydrogens (tertiary/aromatic N) is 8. The standard InChI is InChI=1S/C48H55N11O6/c1-5-7-32-22-30(4)52-45(62)37(32)26-50-44(61)36-23-34(24-40-38(36)27-51-58(40)29(2)3)33-10-11-41(49-25-33)56-20-18-54(19-21-56)28-31-12-15-55(16-13-31)39-9-6-8-35-43(39)47(64)59(46(35)63)57-17-14-42(60)53-48(57)65/h6,8-11,22-25,27,29,31H,5,7,12-21,26,28H2,1-4H3,(H,50,61)(H,52,62)(H,53,60,65). The van der Waals surface area contributed by atoms with Crippen molar-refractivity contribution in [2.24, 2.45) is 5.92 Å². The minimum atomic E-state index is -0.775. The normalized spacial score (nSPS) is 17.4. The number of aromatic nitrogens is 4. The van der Waals surface area contributed by atoms with Crippen molar-refractivity contribution in [1.29, 1.82) is 0 Å². The fourth-order valence-electron chi connectivity index (χ4n) is 9.76. The van der Waals surface area contributed by atoms with E-state index in [2.05, 4.69) is 68.3 Å². The van der Waals surface area contributed by atoms with Gasteiger partial charge in [-0.2, -0.15) is 10.1 Å². The molecule has 65 heavy (non-hydrogen) atoms. The Morgan fingerprint density at radius 3 is 2.37 bits per heavy atom. The Morgan fingerprint density at radius 2 is 1.66 bits per heavy atom. The van der Waals surface area contributed by atoms with Crippen LogP contribution in [0.25, 0.3) is 22.0 Å². The number of hydrogen-bond acceptors (Lipinski definition) is 11. The zero-order chi connectivity index (χ0) is 45.5. The van der Waals surface area contributed by atoms with E-state index < -0.39 is 23.8 Å². The van der Waals surface area contributed by atoms with Gasteiger partial charge in [-0.25, -0.2) is 14.8 Å². The Morgan fingerprint density at radius 1 is 0.877 bits per heavy atom. The Labute approximate surface area is 376 Å². The lowest BCUT2D eigenvalue weighted by Gasteiger charge is -2.40. The monoisotopic (exact) mass is 881 g/mol. The summed E-state index contributed by atoms with van der Waals surface area (Å²) in [5, 5.41) is 12.5. The maximum absolute atomic E-state index is 13.9. The highest BCUT2D eigenvalue weighted by Crippen LogP contribution is 2.36. The molecule has 17 heteroatoms. The number of carbonyl (C=O) groups is 5. The SMILES string of the molecule is CCCc1cc(C)[nH]c(=O)c1CNC(=O)c1cc(-c2ccc(N3CCN(CC4CCN(c5cccc6c5C(=O)N(N5CCC(=O)NC5=O)C6=O)CC4)CC3)nc2)cc2c1cnn2C(C)C. The number of hydrazine groups is 1. The fourth-order valence-corrected chi connectivity index (χ4v) is 9.76. The molecule has 338 valence electrons. The molecular formula is C48H55N11O6. The van der Waals surface area contributed by atoms with E-state index >= 15 is 0 Å². The van der Waals surface area contributed by atoms with Crippen molar-refractivity contribution >= 4 is 52.1 Å². The molecule has 0 spiro atoms. The Hall–Kier alpha value is -6.88. The number of amides is 6. The van der Waals surface area contributed by atoms with Gasteiger partial charge in [-0.1, -0.05) is 19.4 Å². The highest BCUT2D eigenvalue weighted by Gasteiger charge is 2.45. The van der Waals surface area contributed by atoms with Crippen molar-refractivity contribution in [2.75, 3.05) is 62.2 Å². The van der Waals surface area contributed by atoms with E-state index in [1.807, 2.05) is 42.1 Å². The summed E-state index contributed by atoms with van der Waals surface area (Å²) in [7, 11) is 0. The van der Waals surface area contributed by atoms with Gasteiger partial charge in [-0.15, -0.1) is 0 Å². The molecule has 7 heterocycles. The minimum absolute atomic E-state index is 0.0107. The molecule has 2 aromatic carbocycles. The molecular weight excluding hydrogens is 827 g/mol. The number of aryl methyl sites for hydroxylation is 2. The Kier molecular flexibility index (Phi) is 12.0. The van der Waals surface area contributed by atoms with Gasteiger partial charge < -0.3 is 20.1 Å². The number of hydrogen-bond donors (Lipinski definition) is 3. The predicted octanol–water partition coefficient (Wildman–Crippen LogP) is 5.05. The molecule has 3 N–H and O–H groups in total. The van der Waals surface area contributed by atoms with E-state index in [1.54, 1.807) is 18.3 Å².